The predicted octanol–water partition coefficient (Wildman–Crippen LogP) is 2.68. The molecule has 2 unspecified atom stereocenters. The molecule has 1 aliphatic heterocycles. The quantitative estimate of drug-likeness (QED) is 0.782. The summed E-state index contributed by atoms with van der Waals surface area (Å²) in [5.74, 6) is 0. The Morgan fingerprint density at radius 2 is 2.43 bits per heavy atom. The Labute approximate surface area is 91.7 Å². The van der Waals surface area contributed by atoms with Gasteiger partial charge in [-0.1, -0.05) is 25.1 Å². The van der Waals surface area contributed by atoms with Crippen molar-refractivity contribution in [3.63, 3.8) is 0 Å². The maximum absolute atomic E-state index is 5.76. The molecule has 0 spiro atoms. The standard InChI is InChI=1S/C11H20ClNO/c1-4-11(3)7-10(5-6-14-11)13-8-9(2)12/h10,13H,2,4-8H2,1,3H3. The molecule has 82 valence electrons. The minimum atomic E-state index is 0.0452. The van der Waals surface area contributed by atoms with Crippen LogP contribution in [-0.4, -0.2) is 24.8 Å². The smallest absolute Gasteiger partial charge is 0.0666 e. The highest BCUT2D eigenvalue weighted by atomic mass is 35.5. The van der Waals surface area contributed by atoms with Crippen LogP contribution >= 0.6 is 11.6 Å². The highest BCUT2D eigenvalue weighted by Gasteiger charge is 2.31. The third-order valence-electron chi connectivity index (χ3n) is 2.93. The van der Waals surface area contributed by atoms with Crippen LogP contribution in [0.3, 0.4) is 0 Å². The van der Waals surface area contributed by atoms with Gasteiger partial charge in [-0.05, 0) is 26.2 Å². The lowest BCUT2D eigenvalue weighted by molar-refractivity contribution is -0.0775. The van der Waals surface area contributed by atoms with Gasteiger partial charge in [-0.2, -0.15) is 0 Å². The van der Waals surface area contributed by atoms with Crippen LogP contribution in [-0.2, 0) is 4.74 Å². The lowest BCUT2D eigenvalue weighted by Gasteiger charge is -2.38. The Morgan fingerprint density at radius 3 is 3.00 bits per heavy atom. The molecule has 1 aliphatic rings. The molecule has 2 atom stereocenters. The molecule has 1 fully saturated rings. The molecule has 1 rings (SSSR count). The van der Waals surface area contributed by atoms with E-state index in [1.54, 1.807) is 0 Å². The van der Waals surface area contributed by atoms with E-state index in [1.807, 2.05) is 0 Å². The molecule has 0 aromatic carbocycles. The highest BCUT2D eigenvalue weighted by Crippen LogP contribution is 2.27. The molecule has 0 radical (unpaired) electrons. The molecule has 14 heavy (non-hydrogen) atoms. The number of hydrogen-bond donors (Lipinski definition) is 1. The van der Waals surface area contributed by atoms with Crippen molar-refractivity contribution in [1.29, 1.82) is 0 Å². The average Bonchev–Trinajstić information content (AvgIpc) is 2.15. The normalized spacial score (nSPS) is 32.9. The van der Waals surface area contributed by atoms with Gasteiger partial charge in [0.2, 0.25) is 0 Å². The lowest BCUT2D eigenvalue weighted by Crippen LogP contribution is -2.45. The second kappa shape index (κ2) is 5.15. The Morgan fingerprint density at radius 1 is 1.71 bits per heavy atom. The first-order valence-corrected chi connectivity index (χ1v) is 5.64. The van der Waals surface area contributed by atoms with Crippen molar-refractivity contribution in [2.75, 3.05) is 13.2 Å². The van der Waals surface area contributed by atoms with Crippen molar-refractivity contribution in [2.24, 2.45) is 0 Å². The van der Waals surface area contributed by atoms with Crippen LogP contribution in [0, 0.1) is 0 Å². The summed E-state index contributed by atoms with van der Waals surface area (Å²) >= 11 is 5.71. The third-order valence-corrected chi connectivity index (χ3v) is 3.06. The van der Waals surface area contributed by atoms with Crippen molar-refractivity contribution in [3.05, 3.63) is 11.6 Å². The maximum Gasteiger partial charge on any atom is 0.0666 e. The predicted molar refractivity (Wildman–Crippen MR) is 60.7 cm³/mol. The van der Waals surface area contributed by atoms with Crippen molar-refractivity contribution in [1.82, 2.24) is 5.32 Å². The summed E-state index contributed by atoms with van der Waals surface area (Å²) in [6.07, 6.45) is 3.19. The molecule has 0 aromatic rings. The first kappa shape index (κ1) is 12.0. The van der Waals surface area contributed by atoms with Gasteiger partial charge in [-0.15, -0.1) is 0 Å². The van der Waals surface area contributed by atoms with Gasteiger partial charge in [0, 0.05) is 24.2 Å². The third kappa shape index (κ3) is 3.60. The molecular formula is C11H20ClNO. The van der Waals surface area contributed by atoms with Crippen LogP contribution < -0.4 is 5.32 Å². The fraction of sp³-hybridized carbons (Fsp3) is 0.818. The highest BCUT2D eigenvalue weighted by molar-refractivity contribution is 6.29. The summed E-state index contributed by atoms with van der Waals surface area (Å²) in [6, 6.07) is 0.518. The van der Waals surface area contributed by atoms with Gasteiger partial charge in [-0.3, -0.25) is 0 Å². The Kier molecular flexibility index (Phi) is 4.42. The average molecular weight is 218 g/mol. The second-order valence-electron chi connectivity index (χ2n) is 4.24. The van der Waals surface area contributed by atoms with Gasteiger partial charge < -0.3 is 10.1 Å². The van der Waals surface area contributed by atoms with Crippen molar-refractivity contribution >= 4 is 11.6 Å². The SMILES string of the molecule is C=C(Cl)CNC1CCOC(C)(CC)C1. The minimum Gasteiger partial charge on any atom is -0.375 e. The number of rotatable bonds is 4. The summed E-state index contributed by atoms with van der Waals surface area (Å²) in [6.45, 7) is 9.56. The molecule has 0 saturated carbocycles. The zero-order valence-electron chi connectivity index (χ0n) is 9.11. The van der Waals surface area contributed by atoms with Crippen molar-refractivity contribution < 1.29 is 4.74 Å². The Hall–Kier alpha value is -0.0500. The van der Waals surface area contributed by atoms with Gasteiger partial charge >= 0.3 is 0 Å². The van der Waals surface area contributed by atoms with Crippen LogP contribution in [0.1, 0.15) is 33.1 Å². The van der Waals surface area contributed by atoms with Crippen LogP contribution in [0.15, 0.2) is 11.6 Å². The first-order valence-electron chi connectivity index (χ1n) is 5.26. The Bertz CT molecular complexity index is 207. The van der Waals surface area contributed by atoms with Crippen molar-refractivity contribution in [3.8, 4) is 0 Å². The van der Waals surface area contributed by atoms with Crippen LogP contribution in [0.5, 0.6) is 0 Å². The molecule has 3 heteroatoms. The van der Waals surface area contributed by atoms with E-state index in [1.165, 1.54) is 0 Å². The molecule has 0 bridgehead atoms. The summed E-state index contributed by atoms with van der Waals surface area (Å²) in [7, 11) is 0. The topological polar surface area (TPSA) is 21.3 Å². The summed E-state index contributed by atoms with van der Waals surface area (Å²) in [5.41, 5.74) is 0.0452. The van der Waals surface area contributed by atoms with Gasteiger partial charge in [0.25, 0.3) is 0 Å². The van der Waals surface area contributed by atoms with E-state index in [2.05, 4.69) is 25.7 Å². The van der Waals surface area contributed by atoms with E-state index in [0.29, 0.717) is 17.6 Å². The molecule has 1 saturated heterocycles. The lowest BCUT2D eigenvalue weighted by atomic mass is 9.90. The zero-order valence-corrected chi connectivity index (χ0v) is 9.86. The van der Waals surface area contributed by atoms with Crippen LogP contribution in [0.2, 0.25) is 0 Å². The van der Waals surface area contributed by atoms with Gasteiger partial charge in [0.15, 0.2) is 0 Å². The van der Waals surface area contributed by atoms with Gasteiger partial charge in [0.1, 0.15) is 0 Å². The second-order valence-corrected chi connectivity index (χ2v) is 4.77. The minimum absolute atomic E-state index is 0.0452. The monoisotopic (exact) mass is 217 g/mol. The summed E-state index contributed by atoms with van der Waals surface area (Å²) in [5, 5.41) is 4.07. The molecule has 1 heterocycles. The number of nitrogens with one attached hydrogen (secondary N) is 1. The van der Waals surface area contributed by atoms with Crippen LogP contribution in [0.4, 0.5) is 0 Å². The molecular weight excluding hydrogens is 198 g/mol. The van der Waals surface area contributed by atoms with E-state index >= 15 is 0 Å². The number of hydrogen-bond acceptors (Lipinski definition) is 2. The molecule has 0 aromatic heterocycles. The fourth-order valence-corrected chi connectivity index (χ4v) is 1.88. The van der Waals surface area contributed by atoms with Crippen molar-refractivity contribution in [2.45, 2.75) is 44.8 Å². The maximum atomic E-state index is 5.76. The molecule has 1 N–H and O–H groups in total. The van der Waals surface area contributed by atoms with E-state index in [0.717, 1.165) is 25.9 Å². The summed E-state index contributed by atoms with van der Waals surface area (Å²) in [4.78, 5) is 0. The van der Waals surface area contributed by atoms with Gasteiger partial charge in [0.05, 0.1) is 5.60 Å². The first-order chi connectivity index (χ1) is 6.56. The summed E-state index contributed by atoms with van der Waals surface area (Å²) < 4.78 is 5.76. The fourth-order valence-electron chi connectivity index (χ4n) is 1.81. The molecule has 0 amide bonds. The van der Waals surface area contributed by atoms with E-state index in [-0.39, 0.29) is 5.60 Å². The van der Waals surface area contributed by atoms with E-state index in [4.69, 9.17) is 16.3 Å². The van der Waals surface area contributed by atoms with E-state index < -0.39 is 0 Å². The van der Waals surface area contributed by atoms with E-state index in [9.17, 15) is 0 Å². The zero-order chi connectivity index (χ0) is 10.6. The van der Waals surface area contributed by atoms with Crippen LogP contribution in [0.25, 0.3) is 0 Å². The largest absolute Gasteiger partial charge is 0.375 e. The number of ether oxygens (including phenoxy) is 1. The molecule has 0 aliphatic carbocycles. The number of halogens is 1. The Balaban J connectivity index is 2.36. The molecule has 2 nitrogen and oxygen atoms in total. The van der Waals surface area contributed by atoms with Gasteiger partial charge in [-0.25, -0.2) is 0 Å².